The molecule has 0 spiro atoms. The predicted octanol–water partition coefficient (Wildman–Crippen LogP) is 16.0. The van der Waals surface area contributed by atoms with Crippen LogP contribution in [0.15, 0.2) is 443 Å². The molecule has 0 N–H and O–H groups in total. The molecule has 2 aliphatic rings. The minimum Gasteiger partial charge on any atom is -0.311 e. The molecule has 0 aliphatic carbocycles. The number of aromatic nitrogens is 1. The summed E-state index contributed by atoms with van der Waals surface area (Å²) in [5.74, 6) is 0. The third kappa shape index (κ3) is 11.3. The average molecular weight is 1490 g/mol. The molecule has 20 rings (SSSR count). The van der Waals surface area contributed by atoms with Crippen molar-refractivity contribution in [2.75, 3.05) is 9.80 Å². The molecule has 536 valence electrons. The Kier molecular flexibility index (Phi) is 17.3. The molecule has 7 heteroatoms. The molecule has 17 aromatic carbocycles. The molecule has 0 fully saturated rings. The van der Waals surface area contributed by atoms with E-state index in [1.165, 1.54) is 101 Å². The van der Waals surface area contributed by atoms with Crippen molar-refractivity contribution >= 4 is 165 Å². The summed E-state index contributed by atoms with van der Waals surface area (Å²) in [7, 11) is -9.19. The Morgan fingerprint density at radius 3 is 0.912 bits per heavy atom. The molecule has 0 amide bonds. The van der Waals surface area contributed by atoms with Gasteiger partial charge >= 0.3 is 0 Å². The predicted molar refractivity (Wildman–Crippen MR) is 490 cm³/mol. The minimum atomic E-state index is -3.14. The van der Waals surface area contributed by atoms with Crippen molar-refractivity contribution in [3.05, 3.63) is 448 Å². The second-order valence-electron chi connectivity index (χ2n) is 31.4. The number of para-hydroxylation sites is 2. The highest BCUT2D eigenvalue weighted by molar-refractivity contribution is 7.21. The van der Waals surface area contributed by atoms with Gasteiger partial charge in [0, 0.05) is 44.9 Å². The van der Waals surface area contributed by atoms with Gasteiger partial charge in [-0.15, -0.1) is 0 Å². The van der Waals surface area contributed by atoms with Gasteiger partial charge < -0.3 is 14.4 Å². The summed E-state index contributed by atoms with van der Waals surface area (Å²) in [6.45, 7) is 6.90. The zero-order valence-corrected chi connectivity index (χ0v) is 66.6. The number of fused-ring (bicyclic) bond motifs is 7. The lowest BCUT2D eigenvalue weighted by Crippen LogP contribution is -2.74. The summed E-state index contributed by atoms with van der Waals surface area (Å²) >= 11 is 0. The number of hydrogen-bond donors (Lipinski definition) is 0. The van der Waals surface area contributed by atoms with Gasteiger partial charge in [0.25, 0.3) is 6.71 Å². The van der Waals surface area contributed by atoms with E-state index in [1.54, 1.807) is 0 Å². The lowest BCUT2D eigenvalue weighted by atomic mass is 9.33. The molecule has 1 aromatic heterocycles. The first-order valence-electron chi connectivity index (χ1n) is 39.6. The highest BCUT2D eigenvalue weighted by Gasteiger charge is 2.49. The van der Waals surface area contributed by atoms with Gasteiger partial charge in [0.1, 0.15) is 0 Å². The van der Waals surface area contributed by atoms with Crippen LogP contribution >= 0.6 is 0 Å². The van der Waals surface area contributed by atoms with E-state index in [1.807, 2.05) is 0 Å². The summed E-state index contributed by atoms with van der Waals surface area (Å²) < 4.78 is 2.55. The molecular weight excluding hydrogens is 1410 g/mol. The summed E-state index contributed by atoms with van der Waals surface area (Å²) in [4.78, 5) is 5.36. The molecular formula is C106H82BN3Si3. The molecule has 0 saturated heterocycles. The number of anilines is 6. The number of nitrogens with zero attached hydrogens (tertiary/aromatic N) is 3. The van der Waals surface area contributed by atoms with Crippen LogP contribution in [-0.4, -0.2) is 35.5 Å². The number of benzene rings is 17. The Labute approximate surface area is 666 Å². The largest absolute Gasteiger partial charge is 0.311 e. The fourth-order valence-corrected chi connectivity index (χ4v) is 33.8. The van der Waals surface area contributed by atoms with Crippen molar-refractivity contribution in [1.82, 2.24) is 4.57 Å². The van der Waals surface area contributed by atoms with Gasteiger partial charge in [-0.2, -0.15) is 0 Å². The van der Waals surface area contributed by atoms with E-state index in [0.717, 1.165) is 56.4 Å². The molecule has 113 heavy (non-hydrogen) atoms. The Hall–Kier alpha value is -13.1. The normalized spacial score (nSPS) is 12.7. The van der Waals surface area contributed by atoms with E-state index in [-0.39, 0.29) is 12.1 Å². The number of hydrogen-bond acceptors (Lipinski definition) is 2. The molecule has 18 aromatic rings. The topological polar surface area (TPSA) is 11.4 Å². The van der Waals surface area contributed by atoms with Crippen molar-refractivity contribution in [3.63, 3.8) is 0 Å². The molecule has 2 aliphatic heterocycles. The summed E-state index contributed by atoms with van der Waals surface area (Å²) in [5.41, 5.74) is 17.3. The van der Waals surface area contributed by atoms with Gasteiger partial charge in [0.15, 0.2) is 24.2 Å². The molecule has 3 nitrogen and oxygen atoms in total. The summed E-state index contributed by atoms with van der Waals surface area (Å²) in [6, 6.07) is 170. The third-order valence-corrected chi connectivity index (χ3v) is 38.6. The van der Waals surface area contributed by atoms with Crippen LogP contribution in [0.4, 0.5) is 34.1 Å². The fraction of sp³-hybridized carbons (Fsp3) is 0.0377. The van der Waals surface area contributed by atoms with Crippen molar-refractivity contribution < 1.29 is 0 Å². The molecule has 0 bridgehead atoms. The van der Waals surface area contributed by atoms with Gasteiger partial charge in [0.2, 0.25) is 0 Å². The first-order valence-corrected chi connectivity index (χ1v) is 45.6. The second-order valence-corrected chi connectivity index (χ2v) is 42.8. The van der Waals surface area contributed by atoms with E-state index in [0.29, 0.717) is 0 Å². The third-order valence-electron chi connectivity index (χ3n) is 24.3. The van der Waals surface area contributed by atoms with Crippen LogP contribution in [0.2, 0.25) is 0 Å². The SMILES string of the molecule is CC(C)(C)c1ccc2c(c1)B1c3ccc(-c4cccc([Si](c5ccccc5)(c5ccccc5)c5ccccc5)c4)cc3N(c3cccc([Si](c4ccccc4)(c4ccccc4)c4ccccc4)c3)c3cc(-n4c5ccccc5c5ccccc54)cc(c31)N2c1cccc([Si](c2ccccc2)(c2ccccc2)c2ccccc2)c1. The van der Waals surface area contributed by atoms with Gasteiger partial charge in [-0.05, 0) is 161 Å². The zero-order chi connectivity index (χ0) is 75.7. The Morgan fingerprint density at radius 2 is 0.540 bits per heavy atom. The van der Waals surface area contributed by atoms with E-state index in [9.17, 15) is 0 Å². The van der Waals surface area contributed by atoms with Crippen molar-refractivity contribution in [2.24, 2.45) is 0 Å². The highest BCUT2D eigenvalue weighted by atomic mass is 28.3. The second kappa shape index (κ2) is 28.3. The van der Waals surface area contributed by atoms with Crippen molar-refractivity contribution in [1.29, 1.82) is 0 Å². The van der Waals surface area contributed by atoms with Crippen LogP contribution < -0.4 is 88.4 Å². The smallest absolute Gasteiger partial charge is 0.252 e. The maximum Gasteiger partial charge on any atom is 0.252 e. The Bertz CT molecular complexity index is 6200. The molecule has 0 saturated carbocycles. The average Bonchev–Trinajstić information content (AvgIpc) is 1.39. The van der Waals surface area contributed by atoms with Crippen LogP contribution in [0.25, 0.3) is 38.6 Å². The quantitative estimate of drug-likeness (QED) is 0.0706. The van der Waals surface area contributed by atoms with Crippen molar-refractivity contribution in [3.8, 4) is 16.8 Å². The fourth-order valence-electron chi connectivity index (χ4n) is 19.4. The standard InChI is InChI=1S/C106H82BN3Si3/c1-106(2,3)79-67-69-101-98(72-79)107-97-68-66-78(77-38-35-59-92(70-77)111(83-41-13-4-14-42-83,84-43-15-5-16-44-84)85-45-17-6-18-46-85)71-102(97)109(81-40-37-61-94(74-81)113(89-53-25-10-26-54-89,90-55-27-11-28-56-90)91-57-29-12-30-58-91)104-76-82(110-99-64-33-31-62-95(99)96-63-32-34-65-100(96)110)75-103(105(104)107)108(101)80-39-36-60-93(73-80)112(86-47-19-7-20-48-86,87-49-21-8-22-50-87)88-51-23-9-24-52-88/h4-76H,1-3H3. The van der Waals surface area contributed by atoms with E-state index in [2.05, 4.69) is 478 Å². The molecule has 0 unspecified atom stereocenters. The first kappa shape index (κ1) is 69.1. The number of rotatable bonds is 16. The molecule has 0 atom stereocenters. The van der Waals surface area contributed by atoms with Gasteiger partial charge in [-0.25, -0.2) is 0 Å². The lowest BCUT2D eigenvalue weighted by Gasteiger charge is -2.45. The van der Waals surface area contributed by atoms with Crippen LogP contribution in [0.3, 0.4) is 0 Å². The maximum absolute atomic E-state index is 3.14. The highest BCUT2D eigenvalue weighted by Crippen LogP contribution is 2.48. The maximum atomic E-state index is 2.70. The summed E-state index contributed by atoms with van der Waals surface area (Å²) in [5, 5.41) is 18.4. The van der Waals surface area contributed by atoms with Gasteiger partial charge in [-0.1, -0.05) is 403 Å². The van der Waals surface area contributed by atoms with Crippen LogP contribution in [-0.2, 0) is 5.41 Å². The van der Waals surface area contributed by atoms with Crippen LogP contribution in [0.5, 0.6) is 0 Å². The molecule has 3 heterocycles. The monoisotopic (exact) mass is 1490 g/mol. The van der Waals surface area contributed by atoms with Gasteiger partial charge in [-0.3, -0.25) is 0 Å². The molecule has 0 radical (unpaired) electrons. The lowest BCUT2D eigenvalue weighted by molar-refractivity contribution is 0.591. The van der Waals surface area contributed by atoms with Gasteiger partial charge in [0.05, 0.1) is 16.7 Å². The van der Waals surface area contributed by atoms with E-state index in [4.69, 9.17) is 0 Å². The minimum absolute atomic E-state index is 0.182. The van der Waals surface area contributed by atoms with Crippen LogP contribution in [0, 0.1) is 0 Å². The Balaban J connectivity index is 0.909. The van der Waals surface area contributed by atoms with E-state index < -0.39 is 24.2 Å². The van der Waals surface area contributed by atoms with Crippen molar-refractivity contribution in [2.45, 2.75) is 26.2 Å². The first-order chi connectivity index (χ1) is 55.7. The van der Waals surface area contributed by atoms with E-state index >= 15 is 0 Å². The summed E-state index contributed by atoms with van der Waals surface area (Å²) in [6.07, 6.45) is 0. The Morgan fingerprint density at radius 1 is 0.221 bits per heavy atom. The zero-order valence-electron chi connectivity index (χ0n) is 63.6. The van der Waals surface area contributed by atoms with Crippen LogP contribution in [0.1, 0.15) is 26.3 Å².